The normalized spacial score (nSPS) is 15.9. The zero-order chi connectivity index (χ0) is 25.2. The van der Waals surface area contributed by atoms with Gasteiger partial charge in [-0.2, -0.15) is 0 Å². The van der Waals surface area contributed by atoms with Crippen LogP contribution >= 0.6 is 23.2 Å². The Morgan fingerprint density at radius 2 is 1.81 bits per heavy atom. The molecule has 186 valence electrons. The zero-order valence-electron chi connectivity index (χ0n) is 20.4. The number of benzene rings is 3. The third-order valence-corrected chi connectivity index (χ3v) is 7.30. The van der Waals surface area contributed by atoms with E-state index < -0.39 is 0 Å². The van der Waals surface area contributed by atoms with E-state index in [-0.39, 0.29) is 5.78 Å². The van der Waals surface area contributed by atoms with Crippen molar-refractivity contribution in [3.05, 3.63) is 92.7 Å². The number of fused-ring (bicyclic) bond motifs is 3. The second-order valence-corrected chi connectivity index (χ2v) is 9.78. The minimum Gasteiger partial charge on any atom is -0.478 e. The number of carbonyl (C=O) groups is 1. The van der Waals surface area contributed by atoms with Crippen LogP contribution in [0.4, 0.5) is 5.69 Å². The highest BCUT2D eigenvalue weighted by Crippen LogP contribution is 2.42. The van der Waals surface area contributed by atoms with Crippen LogP contribution in [0.3, 0.4) is 0 Å². The molecule has 7 heteroatoms. The molecule has 0 spiro atoms. The van der Waals surface area contributed by atoms with Crippen LogP contribution in [0.1, 0.15) is 40.9 Å². The number of anilines is 1. The topological polar surface area (TPSA) is 42.0 Å². The van der Waals surface area contributed by atoms with Gasteiger partial charge < -0.3 is 14.4 Å². The first-order valence-electron chi connectivity index (χ1n) is 12.2. The summed E-state index contributed by atoms with van der Waals surface area (Å²) in [7, 11) is 0. The molecule has 5 nitrogen and oxygen atoms in total. The Labute approximate surface area is 221 Å². The number of hydrogen-bond donors (Lipinski definition) is 0. The molecule has 0 saturated heterocycles. The van der Waals surface area contributed by atoms with E-state index in [2.05, 4.69) is 35.8 Å². The summed E-state index contributed by atoms with van der Waals surface area (Å²) in [6.45, 7) is 8.02. The molecular weight excluding hydrogens is 495 g/mol. The number of hydrogen-bond acceptors (Lipinski definition) is 5. The minimum absolute atomic E-state index is 0.106. The van der Waals surface area contributed by atoms with Gasteiger partial charge in [-0.3, -0.25) is 9.69 Å². The third kappa shape index (κ3) is 4.96. The molecule has 2 aliphatic heterocycles. The van der Waals surface area contributed by atoms with Crippen molar-refractivity contribution in [2.75, 3.05) is 31.3 Å². The molecule has 0 amide bonds. The molecule has 3 aromatic rings. The van der Waals surface area contributed by atoms with Gasteiger partial charge in [0.1, 0.15) is 18.2 Å². The van der Waals surface area contributed by atoms with Crippen molar-refractivity contribution in [3.8, 4) is 11.5 Å². The van der Waals surface area contributed by atoms with Crippen molar-refractivity contribution in [2.45, 2.75) is 26.8 Å². The Bertz CT molecular complexity index is 1320. The van der Waals surface area contributed by atoms with E-state index in [1.807, 2.05) is 36.4 Å². The summed E-state index contributed by atoms with van der Waals surface area (Å²) in [5, 5.41) is 1.29. The highest BCUT2D eigenvalue weighted by atomic mass is 35.5. The number of ether oxygens (including phenoxy) is 2. The van der Waals surface area contributed by atoms with Gasteiger partial charge in [-0.15, -0.1) is 0 Å². The Morgan fingerprint density at radius 1 is 1.03 bits per heavy atom. The number of halogens is 2. The molecule has 2 aliphatic rings. The van der Waals surface area contributed by atoms with Gasteiger partial charge in [-0.05, 0) is 73.9 Å². The molecule has 0 atom stereocenters. The maximum atomic E-state index is 13.1. The van der Waals surface area contributed by atoms with E-state index in [4.69, 9.17) is 32.7 Å². The number of Topliss-reactive ketones (excluding diaryl/α,β-unsaturated/α-hetero) is 1. The number of carbonyl (C=O) groups excluding carboxylic acids is 1. The summed E-state index contributed by atoms with van der Waals surface area (Å²) >= 11 is 12.4. The van der Waals surface area contributed by atoms with Crippen molar-refractivity contribution in [1.29, 1.82) is 0 Å². The average molecular weight is 523 g/mol. The maximum Gasteiger partial charge on any atom is 0.231 e. The minimum atomic E-state index is -0.106. The van der Waals surface area contributed by atoms with E-state index in [1.54, 1.807) is 12.1 Å². The van der Waals surface area contributed by atoms with Crippen LogP contribution in [0.15, 0.2) is 60.4 Å². The van der Waals surface area contributed by atoms with Crippen LogP contribution < -0.4 is 14.4 Å². The molecule has 0 radical (unpaired) electrons. The Morgan fingerprint density at radius 3 is 2.53 bits per heavy atom. The Balaban J connectivity index is 1.32. The Hall–Kier alpha value is -2.99. The lowest BCUT2D eigenvalue weighted by Gasteiger charge is -2.29. The van der Waals surface area contributed by atoms with Crippen LogP contribution in [-0.4, -0.2) is 37.0 Å². The van der Waals surface area contributed by atoms with Gasteiger partial charge in [0.05, 0.1) is 11.1 Å². The molecule has 0 N–H and O–H groups in total. The third-order valence-electron chi connectivity index (χ3n) is 6.71. The van der Waals surface area contributed by atoms with Crippen LogP contribution in [0.2, 0.25) is 10.0 Å². The molecule has 0 aliphatic carbocycles. The van der Waals surface area contributed by atoms with Crippen molar-refractivity contribution < 1.29 is 14.3 Å². The number of allylic oxidation sites excluding steroid dienone is 1. The fourth-order valence-electron chi connectivity index (χ4n) is 4.67. The van der Waals surface area contributed by atoms with Crippen LogP contribution in [0, 0.1) is 0 Å². The van der Waals surface area contributed by atoms with Gasteiger partial charge >= 0.3 is 0 Å². The van der Waals surface area contributed by atoms with E-state index in [1.165, 1.54) is 0 Å². The summed E-state index contributed by atoms with van der Waals surface area (Å²) in [5.41, 5.74) is 4.60. The number of ketones is 1. The predicted octanol–water partition coefficient (Wildman–Crippen LogP) is 6.85. The summed E-state index contributed by atoms with van der Waals surface area (Å²) in [5.74, 6) is 1.58. The van der Waals surface area contributed by atoms with E-state index >= 15 is 0 Å². The standard InChI is InChI=1S/C29H28Cl2N2O3/c1-3-33(4-2)22-9-5-19(6-10-22)15-27-28(34)23-11-12-26-24(29(23)36-27)17-32(18-35-26)14-13-20-7-8-21(30)16-25(20)31/h5-12,15-16H,3-4,13-14,17-18H2,1-2H3/b27-15-. The number of nitrogens with zero attached hydrogens (tertiary/aromatic N) is 2. The molecule has 0 aromatic heterocycles. The summed E-state index contributed by atoms with van der Waals surface area (Å²) in [6.07, 6.45) is 2.57. The van der Waals surface area contributed by atoms with Crippen LogP contribution in [0.5, 0.6) is 11.5 Å². The van der Waals surface area contributed by atoms with Gasteiger partial charge in [-0.1, -0.05) is 41.4 Å². The molecule has 5 rings (SSSR count). The van der Waals surface area contributed by atoms with Crippen LogP contribution in [0.25, 0.3) is 6.08 Å². The highest BCUT2D eigenvalue weighted by molar-refractivity contribution is 6.35. The first-order valence-corrected chi connectivity index (χ1v) is 13.0. The monoisotopic (exact) mass is 522 g/mol. The van der Waals surface area contributed by atoms with Crippen molar-refractivity contribution in [2.24, 2.45) is 0 Å². The first-order chi connectivity index (χ1) is 17.5. The van der Waals surface area contributed by atoms with Gasteiger partial charge in [0.2, 0.25) is 5.78 Å². The summed E-state index contributed by atoms with van der Waals surface area (Å²) in [4.78, 5) is 17.6. The van der Waals surface area contributed by atoms with E-state index in [0.29, 0.717) is 40.4 Å². The molecule has 3 aromatic carbocycles. The van der Waals surface area contributed by atoms with Crippen LogP contribution in [-0.2, 0) is 13.0 Å². The molecule has 0 unspecified atom stereocenters. The molecule has 36 heavy (non-hydrogen) atoms. The van der Waals surface area contributed by atoms with Gasteiger partial charge in [0, 0.05) is 41.9 Å². The van der Waals surface area contributed by atoms with Gasteiger partial charge in [0.25, 0.3) is 0 Å². The second kappa shape index (κ2) is 10.6. The number of rotatable bonds is 7. The predicted molar refractivity (Wildman–Crippen MR) is 145 cm³/mol. The molecule has 2 heterocycles. The largest absolute Gasteiger partial charge is 0.478 e. The van der Waals surface area contributed by atoms with E-state index in [9.17, 15) is 4.79 Å². The van der Waals surface area contributed by atoms with Crippen molar-refractivity contribution >= 4 is 40.7 Å². The SMILES string of the molecule is CCN(CC)c1ccc(/C=C2\Oc3c(ccc4c3CN(CCc3ccc(Cl)cc3Cl)CO4)C2=O)cc1. The smallest absolute Gasteiger partial charge is 0.231 e. The molecule has 0 fully saturated rings. The van der Waals surface area contributed by atoms with Crippen molar-refractivity contribution in [3.63, 3.8) is 0 Å². The Kier molecular flexibility index (Phi) is 7.24. The van der Waals surface area contributed by atoms with E-state index in [0.717, 1.165) is 54.2 Å². The first kappa shape index (κ1) is 24.7. The molecule has 0 bridgehead atoms. The maximum absolute atomic E-state index is 13.1. The zero-order valence-corrected chi connectivity index (χ0v) is 21.9. The summed E-state index contributed by atoms with van der Waals surface area (Å²) in [6, 6.07) is 17.4. The van der Waals surface area contributed by atoms with Gasteiger partial charge in [0.15, 0.2) is 5.76 Å². The van der Waals surface area contributed by atoms with Gasteiger partial charge in [-0.25, -0.2) is 0 Å². The lowest BCUT2D eigenvalue weighted by molar-refractivity contribution is 0.0950. The fourth-order valence-corrected chi connectivity index (χ4v) is 5.18. The quantitative estimate of drug-likeness (QED) is 0.317. The highest BCUT2D eigenvalue weighted by Gasteiger charge is 2.33. The molecular formula is C29H28Cl2N2O3. The van der Waals surface area contributed by atoms with Crippen molar-refractivity contribution in [1.82, 2.24) is 4.90 Å². The lowest BCUT2D eigenvalue weighted by Crippen LogP contribution is -2.33. The molecule has 0 saturated carbocycles. The second-order valence-electron chi connectivity index (χ2n) is 8.93. The average Bonchev–Trinajstić information content (AvgIpc) is 3.20. The fraction of sp³-hybridized carbons (Fsp3) is 0.276. The summed E-state index contributed by atoms with van der Waals surface area (Å²) < 4.78 is 12.1. The lowest BCUT2D eigenvalue weighted by atomic mass is 10.0.